The normalized spacial score (nSPS) is 12.2. The number of carboxylic acids is 1. The minimum atomic E-state index is -0.999. The predicted molar refractivity (Wildman–Crippen MR) is 93.9 cm³/mol. The number of carboxylic acid groups (broad SMARTS) is 1. The summed E-state index contributed by atoms with van der Waals surface area (Å²) in [5.41, 5.74) is 0.697. The van der Waals surface area contributed by atoms with E-state index in [1.807, 2.05) is 44.2 Å². The van der Waals surface area contributed by atoms with Crippen molar-refractivity contribution in [3.05, 3.63) is 59.1 Å². The molecule has 0 spiro atoms. The van der Waals surface area contributed by atoms with Crippen molar-refractivity contribution in [3.8, 4) is 11.5 Å². The minimum Gasteiger partial charge on any atom is -0.479 e. The lowest BCUT2D eigenvalue weighted by molar-refractivity contribution is -0.150. The third-order valence-electron chi connectivity index (χ3n) is 3.31. The van der Waals surface area contributed by atoms with Gasteiger partial charge in [0.05, 0.1) is 6.61 Å². The highest BCUT2D eigenvalue weighted by Crippen LogP contribution is 2.29. The van der Waals surface area contributed by atoms with Gasteiger partial charge in [0.25, 0.3) is 0 Å². The van der Waals surface area contributed by atoms with E-state index in [1.54, 1.807) is 18.2 Å². The highest BCUT2D eigenvalue weighted by molar-refractivity contribution is 6.30. The smallest absolute Gasteiger partial charge is 0.333 e. The van der Waals surface area contributed by atoms with E-state index in [9.17, 15) is 9.90 Å². The molecule has 0 aliphatic carbocycles. The van der Waals surface area contributed by atoms with Gasteiger partial charge in [-0.1, -0.05) is 43.6 Å². The van der Waals surface area contributed by atoms with Crippen LogP contribution in [0.5, 0.6) is 11.5 Å². The second-order valence-electron chi connectivity index (χ2n) is 5.93. The van der Waals surface area contributed by atoms with E-state index in [2.05, 4.69) is 0 Å². The van der Waals surface area contributed by atoms with E-state index in [4.69, 9.17) is 21.1 Å². The molecule has 0 aliphatic heterocycles. The first-order chi connectivity index (χ1) is 11.5. The summed E-state index contributed by atoms with van der Waals surface area (Å²) in [7, 11) is 0. The summed E-state index contributed by atoms with van der Waals surface area (Å²) in [6, 6.07) is 14.5. The number of rotatable bonds is 8. The van der Waals surface area contributed by atoms with Crippen molar-refractivity contribution in [1.29, 1.82) is 0 Å². The Bertz CT molecular complexity index is 670. The Morgan fingerprint density at radius 3 is 2.50 bits per heavy atom. The molecule has 0 aromatic heterocycles. The molecule has 0 saturated carbocycles. The van der Waals surface area contributed by atoms with Crippen LogP contribution in [0.15, 0.2) is 48.5 Å². The second-order valence-corrected chi connectivity index (χ2v) is 6.36. The molecule has 2 rings (SSSR count). The molecule has 128 valence electrons. The Morgan fingerprint density at radius 1 is 1.17 bits per heavy atom. The summed E-state index contributed by atoms with van der Waals surface area (Å²) < 4.78 is 11.4. The Morgan fingerprint density at radius 2 is 1.88 bits per heavy atom. The van der Waals surface area contributed by atoms with Crippen LogP contribution in [0.4, 0.5) is 0 Å². The van der Waals surface area contributed by atoms with Crippen LogP contribution in [-0.2, 0) is 16.0 Å². The number of hydrogen-bond acceptors (Lipinski definition) is 3. The van der Waals surface area contributed by atoms with Crippen molar-refractivity contribution < 1.29 is 19.4 Å². The summed E-state index contributed by atoms with van der Waals surface area (Å²) in [4.78, 5) is 11.5. The average Bonchev–Trinajstić information content (AvgIpc) is 2.54. The molecule has 1 atom stereocenters. The fraction of sp³-hybridized carbons (Fsp3) is 0.316. The van der Waals surface area contributed by atoms with Gasteiger partial charge < -0.3 is 14.6 Å². The van der Waals surface area contributed by atoms with Crippen molar-refractivity contribution in [3.63, 3.8) is 0 Å². The molecule has 0 unspecified atom stereocenters. The van der Waals surface area contributed by atoms with Crippen LogP contribution in [-0.4, -0.2) is 23.8 Å². The third-order valence-corrected chi connectivity index (χ3v) is 3.54. The van der Waals surface area contributed by atoms with Gasteiger partial charge >= 0.3 is 5.97 Å². The summed E-state index contributed by atoms with van der Waals surface area (Å²) in [6.07, 6.45) is -0.755. The van der Waals surface area contributed by atoms with Gasteiger partial charge in [-0.15, -0.1) is 0 Å². The van der Waals surface area contributed by atoms with Gasteiger partial charge in [-0.3, -0.25) is 0 Å². The number of carbonyl (C=O) groups is 1. The molecule has 0 aliphatic rings. The standard InChI is InChI=1S/C19H21ClO4/c1-13(2)12-23-18(19(21)22)11-14-10-15(20)8-9-17(14)24-16-6-4-3-5-7-16/h3-10,13,18H,11-12H2,1-2H3,(H,21,22)/t18-/m0/s1. The predicted octanol–water partition coefficient (Wildman–Crippen LogP) is 4.80. The van der Waals surface area contributed by atoms with Crippen molar-refractivity contribution in [2.24, 2.45) is 5.92 Å². The number of halogens is 1. The molecule has 5 heteroatoms. The molecule has 0 heterocycles. The number of hydrogen-bond donors (Lipinski definition) is 1. The molecular formula is C19H21ClO4. The molecule has 2 aromatic rings. The zero-order chi connectivity index (χ0) is 17.5. The Kier molecular flexibility index (Phi) is 6.64. The number of aliphatic carboxylic acids is 1. The minimum absolute atomic E-state index is 0.185. The first-order valence-electron chi connectivity index (χ1n) is 7.81. The average molecular weight is 349 g/mol. The van der Waals surface area contributed by atoms with E-state index >= 15 is 0 Å². The van der Waals surface area contributed by atoms with E-state index < -0.39 is 12.1 Å². The van der Waals surface area contributed by atoms with E-state index in [0.29, 0.717) is 28.7 Å². The van der Waals surface area contributed by atoms with Crippen LogP contribution in [0.25, 0.3) is 0 Å². The molecule has 4 nitrogen and oxygen atoms in total. The Hall–Kier alpha value is -2.04. The van der Waals surface area contributed by atoms with E-state index in [0.717, 1.165) is 0 Å². The number of ether oxygens (including phenoxy) is 2. The van der Waals surface area contributed by atoms with Crippen LogP contribution >= 0.6 is 11.6 Å². The molecule has 0 bridgehead atoms. The Labute approximate surface area is 147 Å². The fourth-order valence-electron chi connectivity index (χ4n) is 2.15. The summed E-state index contributed by atoms with van der Waals surface area (Å²) in [5.74, 6) is 0.508. The van der Waals surface area contributed by atoms with Crippen molar-refractivity contribution >= 4 is 17.6 Å². The monoisotopic (exact) mass is 348 g/mol. The van der Waals surface area contributed by atoms with Crippen LogP contribution in [0.1, 0.15) is 19.4 Å². The maximum atomic E-state index is 11.5. The maximum absolute atomic E-state index is 11.5. The van der Waals surface area contributed by atoms with Gasteiger partial charge in [0.2, 0.25) is 0 Å². The van der Waals surface area contributed by atoms with E-state index in [1.165, 1.54) is 0 Å². The van der Waals surface area contributed by atoms with Crippen LogP contribution in [0.3, 0.4) is 0 Å². The molecule has 2 aromatic carbocycles. The summed E-state index contributed by atoms with van der Waals surface area (Å²) in [6.45, 7) is 4.33. The van der Waals surface area contributed by atoms with E-state index in [-0.39, 0.29) is 12.3 Å². The SMILES string of the molecule is CC(C)CO[C@@H](Cc1cc(Cl)ccc1Oc1ccccc1)C(=O)O. The lowest BCUT2D eigenvalue weighted by Crippen LogP contribution is -2.28. The van der Waals surface area contributed by atoms with Crippen molar-refractivity contribution in [1.82, 2.24) is 0 Å². The van der Waals surface area contributed by atoms with Crippen molar-refractivity contribution in [2.75, 3.05) is 6.61 Å². The van der Waals surface area contributed by atoms with Gasteiger partial charge in [0.15, 0.2) is 6.10 Å². The largest absolute Gasteiger partial charge is 0.479 e. The van der Waals surface area contributed by atoms with Crippen LogP contribution in [0.2, 0.25) is 5.02 Å². The number of para-hydroxylation sites is 1. The summed E-state index contributed by atoms with van der Waals surface area (Å²) >= 11 is 6.07. The summed E-state index contributed by atoms with van der Waals surface area (Å²) in [5, 5.41) is 9.92. The third kappa shape index (κ3) is 5.55. The topological polar surface area (TPSA) is 55.8 Å². The van der Waals surface area contributed by atoms with Gasteiger partial charge in [-0.05, 0) is 41.8 Å². The molecule has 24 heavy (non-hydrogen) atoms. The molecule has 0 saturated heterocycles. The quantitative estimate of drug-likeness (QED) is 0.744. The first kappa shape index (κ1) is 18.3. The van der Waals surface area contributed by atoms with Crippen LogP contribution < -0.4 is 4.74 Å². The van der Waals surface area contributed by atoms with Gasteiger partial charge in [0, 0.05) is 11.4 Å². The van der Waals surface area contributed by atoms with Crippen LogP contribution in [0, 0.1) is 5.92 Å². The zero-order valence-corrected chi connectivity index (χ0v) is 14.5. The zero-order valence-electron chi connectivity index (χ0n) is 13.7. The molecule has 0 amide bonds. The molecular weight excluding hydrogens is 328 g/mol. The molecule has 0 fully saturated rings. The van der Waals surface area contributed by atoms with Gasteiger partial charge in [0.1, 0.15) is 11.5 Å². The lowest BCUT2D eigenvalue weighted by Gasteiger charge is -2.18. The molecule has 1 N–H and O–H groups in total. The van der Waals surface area contributed by atoms with Gasteiger partial charge in [-0.25, -0.2) is 4.79 Å². The fourth-order valence-corrected chi connectivity index (χ4v) is 2.34. The number of benzene rings is 2. The first-order valence-corrected chi connectivity index (χ1v) is 8.19. The highest BCUT2D eigenvalue weighted by atomic mass is 35.5. The maximum Gasteiger partial charge on any atom is 0.333 e. The van der Waals surface area contributed by atoms with Crippen molar-refractivity contribution in [2.45, 2.75) is 26.4 Å². The molecule has 0 radical (unpaired) electrons. The highest BCUT2D eigenvalue weighted by Gasteiger charge is 2.21. The van der Waals surface area contributed by atoms with Gasteiger partial charge in [-0.2, -0.15) is 0 Å². The second kappa shape index (κ2) is 8.71. The lowest BCUT2D eigenvalue weighted by atomic mass is 10.1. The Balaban J connectivity index is 2.20.